The van der Waals surface area contributed by atoms with Crippen molar-refractivity contribution < 1.29 is 9.59 Å². The van der Waals surface area contributed by atoms with Crippen molar-refractivity contribution in [2.24, 2.45) is 5.92 Å². The van der Waals surface area contributed by atoms with E-state index in [1.54, 1.807) is 4.90 Å². The topological polar surface area (TPSA) is 57.6 Å². The van der Waals surface area contributed by atoms with Gasteiger partial charge in [-0.3, -0.25) is 4.79 Å². The Morgan fingerprint density at radius 1 is 1.00 bits per heavy atom. The number of urea groups is 1. The van der Waals surface area contributed by atoms with Crippen LogP contribution in [-0.2, 0) is 4.79 Å². The average Bonchev–Trinajstić information content (AvgIpc) is 3.15. The van der Waals surface area contributed by atoms with Crippen molar-refractivity contribution >= 4 is 11.9 Å². The van der Waals surface area contributed by atoms with Crippen LogP contribution in [0.2, 0.25) is 0 Å². The number of aromatic nitrogens is 1. The number of likely N-dealkylation sites (tertiary alicyclic amines) is 2. The van der Waals surface area contributed by atoms with Crippen LogP contribution < -0.4 is 5.32 Å². The molecule has 1 aromatic rings. The van der Waals surface area contributed by atoms with E-state index in [-0.39, 0.29) is 23.9 Å². The zero-order valence-electron chi connectivity index (χ0n) is 15.4. The molecule has 3 amide bonds. The van der Waals surface area contributed by atoms with Gasteiger partial charge in [-0.2, -0.15) is 0 Å². The Bertz CT molecular complexity index is 576. The Kier molecular flexibility index (Phi) is 5.66. The van der Waals surface area contributed by atoms with Crippen LogP contribution in [0.3, 0.4) is 0 Å². The molecule has 1 aromatic heterocycles. The van der Waals surface area contributed by atoms with E-state index in [1.807, 2.05) is 18.7 Å². The summed E-state index contributed by atoms with van der Waals surface area (Å²) < 4.78 is 2.25. The maximum Gasteiger partial charge on any atom is 0.317 e. The van der Waals surface area contributed by atoms with Crippen molar-refractivity contribution in [1.82, 2.24) is 19.7 Å². The molecule has 138 valence electrons. The fourth-order valence-corrected chi connectivity index (χ4v) is 3.94. The molecular formula is C19H30N4O2. The number of amides is 3. The van der Waals surface area contributed by atoms with Gasteiger partial charge in [-0.05, 0) is 51.7 Å². The molecule has 3 rings (SSSR count). The van der Waals surface area contributed by atoms with Crippen LogP contribution in [0.5, 0.6) is 0 Å². The summed E-state index contributed by atoms with van der Waals surface area (Å²) in [4.78, 5) is 28.9. The Morgan fingerprint density at radius 2 is 1.68 bits per heavy atom. The number of piperidine rings is 2. The molecule has 0 saturated carbocycles. The van der Waals surface area contributed by atoms with E-state index in [2.05, 4.69) is 34.4 Å². The van der Waals surface area contributed by atoms with Gasteiger partial charge in [0.2, 0.25) is 5.91 Å². The lowest BCUT2D eigenvalue weighted by Gasteiger charge is -2.38. The van der Waals surface area contributed by atoms with Gasteiger partial charge in [-0.25, -0.2) is 4.79 Å². The van der Waals surface area contributed by atoms with Crippen LogP contribution in [0.1, 0.15) is 45.6 Å². The molecule has 0 aliphatic carbocycles. The number of rotatable bonds is 3. The summed E-state index contributed by atoms with van der Waals surface area (Å²) >= 11 is 0. The van der Waals surface area contributed by atoms with Gasteiger partial charge >= 0.3 is 6.03 Å². The summed E-state index contributed by atoms with van der Waals surface area (Å²) in [5.74, 6) is 0.183. The number of hydrogen-bond acceptors (Lipinski definition) is 2. The van der Waals surface area contributed by atoms with Crippen molar-refractivity contribution in [2.45, 2.75) is 51.6 Å². The molecule has 6 nitrogen and oxygen atoms in total. The lowest BCUT2D eigenvalue weighted by Crippen LogP contribution is -2.51. The predicted molar refractivity (Wildman–Crippen MR) is 97.2 cm³/mol. The number of nitrogens with one attached hydrogen (secondary N) is 1. The minimum absolute atomic E-state index is 0.0428. The van der Waals surface area contributed by atoms with Crippen molar-refractivity contribution in [2.75, 3.05) is 26.2 Å². The molecule has 0 spiro atoms. The van der Waals surface area contributed by atoms with E-state index >= 15 is 0 Å². The minimum Gasteiger partial charge on any atom is -0.351 e. The third-order valence-corrected chi connectivity index (χ3v) is 5.30. The zero-order chi connectivity index (χ0) is 17.8. The molecule has 0 aromatic carbocycles. The van der Waals surface area contributed by atoms with Crippen LogP contribution in [0.15, 0.2) is 24.5 Å². The number of carbonyl (C=O) groups is 2. The third kappa shape index (κ3) is 4.35. The monoisotopic (exact) mass is 346 g/mol. The summed E-state index contributed by atoms with van der Waals surface area (Å²) in [6.45, 7) is 6.85. The van der Waals surface area contributed by atoms with Gasteiger partial charge in [0.15, 0.2) is 0 Å². The van der Waals surface area contributed by atoms with Crippen molar-refractivity contribution in [3.8, 4) is 0 Å². The van der Waals surface area contributed by atoms with Gasteiger partial charge in [0.05, 0.1) is 5.92 Å². The van der Waals surface area contributed by atoms with Crippen LogP contribution >= 0.6 is 0 Å². The molecule has 3 heterocycles. The van der Waals surface area contributed by atoms with Gasteiger partial charge < -0.3 is 19.7 Å². The minimum atomic E-state index is -0.0465. The van der Waals surface area contributed by atoms with Gasteiger partial charge in [-0.15, -0.1) is 0 Å². The summed E-state index contributed by atoms with van der Waals surface area (Å²) in [6, 6.07) is 4.68. The molecular weight excluding hydrogens is 316 g/mol. The Morgan fingerprint density at radius 3 is 2.32 bits per heavy atom. The largest absolute Gasteiger partial charge is 0.351 e. The van der Waals surface area contributed by atoms with Crippen LogP contribution in [0.25, 0.3) is 0 Å². The Balaban J connectivity index is 1.52. The summed E-state index contributed by atoms with van der Waals surface area (Å²) in [7, 11) is 0. The molecule has 2 saturated heterocycles. The second kappa shape index (κ2) is 7.93. The SMILES string of the molecule is CC(C)NC(=O)N1CCC[C@H](C(=O)N2CCC(n3cccc3)CC2)C1. The quantitative estimate of drug-likeness (QED) is 0.914. The number of nitrogens with zero attached hydrogens (tertiary/aromatic N) is 3. The lowest BCUT2D eigenvalue weighted by molar-refractivity contribution is -0.138. The molecule has 0 bridgehead atoms. The fraction of sp³-hybridized carbons (Fsp3) is 0.684. The highest BCUT2D eigenvalue weighted by Gasteiger charge is 2.33. The first-order chi connectivity index (χ1) is 12.0. The average molecular weight is 346 g/mol. The van der Waals surface area contributed by atoms with Gasteiger partial charge in [-0.1, -0.05) is 0 Å². The normalized spacial score (nSPS) is 22.3. The van der Waals surface area contributed by atoms with Gasteiger partial charge in [0.1, 0.15) is 0 Å². The van der Waals surface area contributed by atoms with E-state index in [9.17, 15) is 9.59 Å². The lowest BCUT2D eigenvalue weighted by atomic mass is 9.95. The van der Waals surface area contributed by atoms with Gasteiger partial charge in [0, 0.05) is 50.7 Å². The van der Waals surface area contributed by atoms with E-state index in [0.717, 1.165) is 45.3 Å². The molecule has 0 unspecified atom stereocenters. The molecule has 1 atom stereocenters. The first-order valence-electron chi connectivity index (χ1n) is 9.51. The highest BCUT2D eigenvalue weighted by atomic mass is 16.2. The van der Waals surface area contributed by atoms with E-state index in [1.165, 1.54) is 0 Å². The maximum absolute atomic E-state index is 12.9. The molecule has 1 N–H and O–H groups in total. The molecule has 2 fully saturated rings. The third-order valence-electron chi connectivity index (χ3n) is 5.30. The highest BCUT2D eigenvalue weighted by molar-refractivity contribution is 5.81. The first kappa shape index (κ1) is 17.8. The number of carbonyl (C=O) groups excluding carboxylic acids is 2. The maximum atomic E-state index is 12.9. The van der Waals surface area contributed by atoms with Crippen molar-refractivity contribution in [3.63, 3.8) is 0 Å². The second-order valence-electron chi connectivity index (χ2n) is 7.58. The van der Waals surface area contributed by atoms with Crippen LogP contribution in [0.4, 0.5) is 4.79 Å². The molecule has 6 heteroatoms. The van der Waals surface area contributed by atoms with E-state index < -0.39 is 0 Å². The highest BCUT2D eigenvalue weighted by Crippen LogP contribution is 2.26. The molecule has 25 heavy (non-hydrogen) atoms. The second-order valence-corrected chi connectivity index (χ2v) is 7.58. The van der Waals surface area contributed by atoms with E-state index in [0.29, 0.717) is 12.6 Å². The number of hydrogen-bond donors (Lipinski definition) is 1. The fourth-order valence-electron chi connectivity index (χ4n) is 3.94. The Labute approximate surface area is 150 Å². The van der Waals surface area contributed by atoms with Crippen molar-refractivity contribution in [3.05, 3.63) is 24.5 Å². The smallest absolute Gasteiger partial charge is 0.317 e. The first-order valence-corrected chi connectivity index (χ1v) is 9.51. The zero-order valence-corrected chi connectivity index (χ0v) is 15.4. The van der Waals surface area contributed by atoms with Crippen LogP contribution in [0, 0.1) is 5.92 Å². The van der Waals surface area contributed by atoms with Gasteiger partial charge in [0.25, 0.3) is 0 Å². The van der Waals surface area contributed by atoms with Crippen LogP contribution in [-0.4, -0.2) is 58.5 Å². The summed E-state index contributed by atoms with van der Waals surface area (Å²) in [6.07, 6.45) is 8.02. The summed E-state index contributed by atoms with van der Waals surface area (Å²) in [5.41, 5.74) is 0. The van der Waals surface area contributed by atoms with E-state index in [4.69, 9.17) is 0 Å². The molecule has 2 aliphatic rings. The Hall–Kier alpha value is -1.98. The van der Waals surface area contributed by atoms with Crippen molar-refractivity contribution in [1.29, 1.82) is 0 Å². The molecule has 0 radical (unpaired) electrons. The summed E-state index contributed by atoms with van der Waals surface area (Å²) in [5, 5.41) is 2.93. The molecule has 2 aliphatic heterocycles. The predicted octanol–water partition coefficient (Wildman–Crippen LogP) is 2.48. The standard InChI is InChI=1S/C19H30N4O2/c1-15(2)20-19(25)23-11-5-6-16(14-23)18(24)22-12-7-17(8-13-22)21-9-3-4-10-21/h3-4,9-10,15-17H,5-8,11-14H2,1-2H3,(H,20,25)/t16-/m0/s1.